The first kappa shape index (κ1) is 11.8. The van der Waals surface area contributed by atoms with Gasteiger partial charge in [0.1, 0.15) is 5.41 Å². The van der Waals surface area contributed by atoms with Crippen LogP contribution in [0.15, 0.2) is 0 Å². The van der Waals surface area contributed by atoms with Gasteiger partial charge in [0.15, 0.2) is 0 Å². The Labute approximate surface area is 99.4 Å². The molecule has 2 aliphatic rings. The molecule has 1 saturated carbocycles. The van der Waals surface area contributed by atoms with E-state index in [1.165, 1.54) is 0 Å². The first-order valence-corrected chi connectivity index (χ1v) is 6.75. The van der Waals surface area contributed by atoms with Crippen molar-refractivity contribution >= 4 is 23.6 Å². The van der Waals surface area contributed by atoms with E-state index in [1.54, 1.807) is 4.90 Å². The van der Waals surface area contributed by atoms with Crippen molar-refractivity contribution < 1.29 is 14.7 Å². The third-order valence-electron chi connectivity index (χ3n) is 3.55. The number of nitrogens with zero attached hydrogens (tertiary/aromatic N) is 1. The molecule has 2 fully saturated rings. The van der Waals surface area contributed by atoms with Crippen LogP contribution in [0.5, 0.6) is 0 Å². The van der Waals surface area contributed by atoms with E-state index >= 15 is 0 Å². The minimum absolute atomic E-state index is 0.154. The monoisotopic (exact) mass is 243 g/mol. The van der Waals surface area contributed by atoms with E-state index in [1.807, 2.05) is 11.8 Å². The van der Waals surface area contributed by atoms with E-state index in [0.717, 1.165) is 12.2 Å². The number of rotatable bonds is 2. The Balaban J connectivity index is 2.08. The molecule has 1 unspecified atom stereocenters. The van der Waals surface area contributed by atoms with E-state index in [-0.39, 0.29) is 5.91 Å². The Morgan fingerprint density at radius 3 is 2.56 bits per heavy atom. The van der Waals surface area contributed by atoms with E-state index in [4.69, 9.17) is 0 Å². The molecular weight excluding hydrogens is 226 g/mol. The molecule has 4 nitrogen and oxygen atoms in total. The molecule has 0 aromatic carbocycles. The summed E-state index contributed by atoms with van der Waals surface area (Å²) in [6, 6.07) is 0. The number of carbonyl (C=O) groups is 2. The van der Waals surface area contributed by atoms with E-state index in [0.29, 0.717) is 31.2 Å². The van der Waals surface area contributed by atoms with Crippen molar-refractivity contribution in [3.63, 3.8) is 0 Å². The van der Waals surface area contributed by atoms with Crippen LogP contribution in [0, 0.1) is 5.41 Å². The van der Waals surface area contributed by atoms with Crippen molar-refractivity contribution in [2.75, 3.05) is 18.8 Å². The molecule has 16 heavy (non-hydrogen) atoms. The molecule has 1 aliphatic carbocycles. The van der Waals surface area contributed by atoms with Gasteiger partial charge in [-0.2, -0.15) is 11.8 Å². The molecule has 1 amide bonds. The molecule has 5 heteroatoms. The average Bonchev–Trinajstić information content (AvgIpc) is 2.15. The number of aliphatic carboxylic acids is 1. The van der Waals surface area contributed by atoms with Gasteiger partial charge in [-0.05, 0) is 12.8 Å². The first-order chi connectivity index (χ1) is 7.56. The second-order valence-electron chi connectivity index (χ2n) is 4.67. The summed E-state index contributed by atoms with van der Waals surface area (Å²) < 4.78 is 0. The van der Waals surface area contributed by atoms with Crippen LogP contribution in [0.25, 0.3) is 0 Å². The molecule has 1 aliphatic heterocycles. The second kappa shape index (κ2) is 4.28. The van der Waals surface area contributed by atoms with Gasteiger partial charge < -0.3 is 10.0 Å². The van der Waals surface area contributed by atoms with Crippen LogP contribution < -0.4 is 0 Å². The van der Waals surface area contributed by atoms with Crippen molar-refractivity contribution in [2.24, 2.45) is 5.41 Å². The number of carbonyl (C=O) groups excluding carboxylic acids is 1. The van der Waals surface area contributed by atoms with Crippen LogP contribution in [0.3, 0.4) is 0 Å². The molecule has 1 saturated heterocycles. The van der Waals surface area contributed by atoms with Gasteiger partial charge >= 0.3 is 5.97 Å². The fraction of sp³-hybridized carbons (Fsp3) is 0.818. The number of thioether (sulfide) groups is 1. The molecule has 0 bridgehead atoms. The molecule has 0 radical (unpaired) electrons. The molecule has 1 N–H and O–H groups in total. The predicted octanol–water partition coefficient (Wildman–Crippen LogP) is 1.21. The van der Waals surface area contributed by atoms with Crippen molar-refractivity contribution in [3.8, 4) is 0 Å². The van der Waals surface area contributed by atoms with Crippen molar-refractivity contribution in [3.05, 3.63) is 0 Å². The van der Waals surface area contributed by atoms with Gasteiger partial charge in [0.2, 0.25) is 5.91 Å². The van der Waals surface area contributed by atoms with Gasteiger partial charge in [-0.3, -0.25) is 9.59 Å². The highest BCUT2D eigenvalue weighted by molar-refractivity contribution is 7.99. The minimum Gasteiger partial charge on any atom is -0.480 e. The SMILES string of the molecule is CC1CN(C(=O)C2(C(=O)O)CCC2)CCS1. The van der Waals surface area contributed by atoms with Crippen molar-refractivity contribution in [2.45, 2.75) is 31.4 Å². The second-order valence-corrected chi connectivity index (χ2v) is 6.22. The predicted molar refractivity (Wildman–Crippen MR) is 62.4 cm³/mol. The highest BCUT2D eigenvalue weighted by atomic mass is 32.2. The lowest BCUT2D eigenvalue weighted by molar-refractivity contribution is -0.167. The lowest BCUT2D eigenvalue weighted by Gasteiger charge is -2.42. The van der Waals surface area contributed by atoms with Gasteiger partial charge in [-0.15, -0.1) is 0 Å². The van der Waals surface area contributed by atoms with Crippen molar-refractivity contribution in [1.29, 1.82) is 0 Å². The fourth-order valence-corrected chi connectivity index (χ4v) is 3.37. The number of amides is 1. The maximum absolute atomic E-state index is 12.2. The Morgan fingerprint density at radius 1 is 1.44 bits per heavy atom. The number of hydrogen-bond acceptors (Lipinski definition) is 3. The summed E-state index contributed by atoms with van der Waals surface area (Å²) in [5.41, 5.74) is -1.08. The van der Waals surface area contributed by atoms with Gasteiger partial charge in [0.05, 0.1) is 0 Å². The topological polar surface area (TPSA) is 57.6 Å². The summed E-state index contributed by atoms with van der Waals surface area (Å²) in [6.45, 7) is 3.47. The summed E-state index contributed by atoms with van der Waals surface area (Å²) in [5, 5.41) is 9.62. The van der Waals surface area contributed by atoms with Crippen LogP contribution >= 0.6 is 11.8 Å². The highest BCUT2D eigenvalue weighted by Gasteiger charge is 2.53. The Hall–Kier alpha value is -0.710. The zero-order valence-corrected chi connectivity index (χ0v) is 10.3. The van der Waals surface area contributed by atoms with Crippen LogP contribution in [0.2, 0.25) is 0 Å². The summed E-state index contributed by atoms with van der Waals surface area (Å²) >= 11 is 1.84. The van der Waals surface area contributed by atoms with Gasteiger partial charge in [-0.25, -0.2) is 0 Å². The third-order valence-corrected chi connectivity index (χ3v) is 4.69. The Morgan fingerprint density at radius 2 is 2.12 bits per heavy atom. The molecule has 1 atom stereocenters. The molecule has 0 aromatic heterocycles. The van der Waals surface area contributed by atoms with Crippen LogP contribution in [-0.4, -0.2) is 46.0 Å². The van der Waals surface area contributed by atoms with E-state index in [2.05, 4.69) is 6.92 Å². The smallest absolute Gasteiger partial charge is 0.319 e. The van der Waals surface area contributed by atoms with Gasteiger partial charge in [-0.1, -0.05) is 13.3 Å². The van der Waals surface area contributed by atoms with Crippen molar-refractivity contribution in [1.82, 2.24) is 4.90 Å². The number of carboxylic acid groups (broad SMARTS) is 1. The summed E-state index contributed by atoms with van der Waals surface area (Å²) in [7, 11) is 0. The molecule has 2 rings (SSSR count). The maximum atomic E-state index is 12.2. The summed E-state index contributed by atoms with van der Waals surface area (Å²) in [5.74, 6) is -0.171. The quantitative estimate of drug-likeness (QED) is 0.741. The number of carboxylic acids is 1. The summed E-state index contributed by atoms with van der Waals surface area (Å²) in [6.07, 6.45) is 1.88. The fourth-order valence-electron chi connectivity index (χ4n) is 2.36. The van der Waals surface area contributed by atoms with Gasteiger partial charge in [0.25, 0.3) is 0 Å². The molecule has 0 aromatic rings. The molecule has 90 valence electrons. The van der Waals surface area contributed by atoms with Crippen LogP contribution in [0.4, 0.5) is 0 Å². The Bertz CT molecular complexity index is 314. The molecular formula is C11H17NO3S. The normalized spacial score (nSPS) is 28.3. The lowest BCUT2D eigenvalue weighted by atomic mass is 9.67. The first-order valence-electron chi connectivity index (χ1n) is 5.71. The van der Waals surface area contributed by atoms with Crippen LogP contribution in [0.1, 0.15) is 26.2 Å². The van der Waals surface area contributed by atoms with E-state index < -0.39 is 11.4 Å². The highest BCUT2D eigenvalue weighted by Crippen LogP contribution is 2.43. The largest absolute Gasteiger partial charge is 0.480 e. The summed E-state index contributed by atoms with van der Waals surface area (Å²) in [4.78, 5) is 25.2. The van der Waals surface area contributed by atoms with Crippen LogP contribution in [-0.2, 0) is 9.59 Å². The number of hydrogen-bond donors (Lipinski definition) is 1. The standard InChI is InChI=1S/C11H17NO3S/c1-8-7-12(5-6-16-8)9(13)11(10(14)15)3-2-4-11/h8H,2-7H2,1H3,(H,14,15). The molecule has 1 heterocycles. The van der Waals surface area contributed by atoms with E-state index in [9.17, 15) is 14.7 Å². The third kappa shape index (κ3) is 1.81. The average molecular weight is 243 g/mol. The molecule has 0 spiro atoms. The minimum atomic E-state index is -1.08. The lowest BCUT2D eigenvalue weighted by Crippen LogP contribution is -2.55. The zero-order valence-electron chi connectivity index (χ0n) is 9.44. The van der Waals surface area contributed by atoms with Gasteiger partial charge in [0, 0.05) is 24.1 Å². The zero-order chi connectivity index (χ0) is 11.8. The maximum Gasteiger partial charge on any atom is 0.319 e. The Kier molecular flexibility index (Phi) is 3.15.